The molecule has 90 valence electrons. The van der Waals surface area contributed by atoms with Crippen LogP contribution in [0.5, 0.6) is 0 Å². The molecule has 0 bridgehead atoms. The third-order valence-electron chi connectivity index (χ3n) is 3.02. The van der Waals surface area contributed by atoms with Gasteiger partial charge in [0.15, 0.2) is 0 Å². The van der Waals surface area contributed by atoms with Crippen molar-refractivity contribution < 1.29 is 0 Å². The zero-order valence-corrected chi connectivity index (χ0v) is 10.8. The van der Waals surface area contributed by atoms with Crippen molar-refractivity contribution in [1.29, 1.82) is 0 Å². The van der Waals surface area contributed by atoms with E-state index in [9.17, 15) is 0 Å². The normalized spacial score (nSPS) is 10.6. The maximum atomic E-state index is 4.17. The quantitative estimate of drug-likeness (QED) is 0.800. The lowest BCUT2D eigenvalue weighted by Gasteiger charge is -2.20. The number of hydrogen-bond donors (Lipinski definition) is 1. The van der Waals surface area contributed by atoms with E-state index in [1.54, 1.807) is 0 Å². The van der Waals surface area contributed by atoms with Gasteiger partial charge in [0.05, 0.1) is 17.6 Å². The number of nitrogens with one attached hydrogen (secondary N) is 1. The zero-order chi connectivity index (χ0) is 12.0. The Bertz CT molecular complexity index is 306. The average Bonchev–Trinajstić information content (AvgIpc) is 2.30. The van der Waals surface area contributed by atoms with E-state index < -0.39 is 0 Å². The molecule has 0 aliphatic rings. The second kappa shape index (κ2) is 6.36. The maximum Gasteiger partial charge on any atom is 0.0764 e. The number of hydrogen-bond acceptors (Lipinski definition) is 3. The van der Waals surface area contributed by atoms with Gasteiger partial charge in [-0.2, -0.15) is 0 Å². The van der Waals surface area contributed by atoms with Gasteiger partial charge in [-0.3, -0.25) is 4.98 Å². The Balaban J connectivity index is 2.66. The van der Waals surface area contributed by atoms with Gasteiger partial charge < -0.3 is 10.2 Å². The molecule has 0 saturated carbocycles. The van der Waals surface area contributed by atoms with Crippen molar-refractivity contribution in [2.75, 3.05) is 30.9 Å². The van der Waals surface area contributed by atoms with Gasteiger partial charge in [0.2, 0.25) is 0 Å². The lowest BCUT2D eigenvalue weighted by molar-refractivity contribution is 0.519. The molecule has 0 saturated heterocycles. The van der Waals surface area contributed by atoms with Crippen LogP contribution >= 0.6 is 0 Å². The van der Waals surface area contributed by atoms with Crippen molar-refractivity contribution in [2.24, 2.45) is 5.92 Å². The number of rotatable bonds is 6. The highest BCUT2D eigenvalue weighted by Gasteiger charge is 2.06. The van der Waals surface area contributed by atoms with Crippen LogP contribution in [-0.4, -0.2) is 25.6 Å². The molecule has 1 heterocycles. The molecule has 1 N–H and O–H groups in total. The third-order valence-corrected chi connectivity index (χ3v) is 3.02. The van der Waals surface area contributed by atoms with Gasteiger partial charge >= 0.3 is 0 Å². The fraction of sp³-hybridized carbons (Fsp3) is 0.615. The van der Waals surface area contributed by atoms with Crippen molar-refractivity contribution in [2.45, 2.75) is 26.7 Å². The highest BCUT2D eigenvalue weighted by molar-refractivity contribution is 5.67. The van der Waals surface area contributed by atoms with Crippen LogP contribution in [0.4, 0.5) is 11.4 Å². The summed E-state index contributed by atoms with van der Waals surface area (Å²) in [6.07, 6.45) is 6.18. The van der Waals surface area contributed by atoms with Crippen LogP contribution in [0.15, 0.2) is 18.5 Å². The van der Waals surface area contributed by atoms with Crippen LogP contribution in [0.2, 0.25) is 0 Å². The lowest BCUT2D eigenvalue weighted by atomic mass is 10.0. The molecular weight excluding hydrogens is 198 g/mol. The van der Waals surface area contributed by atoms with E-state index in [0.29, 0.717) is 0 Å². The van der Waals surface area contributed by atoms with E-state index >= 15 is 0 Å². The molecule has 0 amide bonds. The predicted molar refractivity (Wildman–Crippen MR) is 71.1 cm³/mol. The molecule has 0 aromatic carbocycles. The van der Waals surface area contributed by atoms with E-state index in [0.717, 1.165) is 18.2 Å². The fourth-order valence-corrected chi connectivity index (χ4v) is 1.74. The number of anilines is 2. The van der Waals surface area contributed by atoms with Crippen molar-refractivity contribution in [3.8, 4) is 0 Å². The molecule has 1 rings (SSSR count). The van der Waals surface area contributed by atoms with Gasteiger partial charge in [-0.05, 0) is 12.0 Å². The van der Waals surface area contributed by atoms with Crippen molar-refractivity contribution in [1.82, 2.24) is 4.98 Å². The summed E-state index contributed by atoms with van der Waals surface area (Å²) in [5.74, 6) is 0.746. The van der Waals surface area contributed by atoms with Gasteiger partial charge in [-0.1, -0.05) is 26.7 Å². The average molecular weight is 221 g/mol. The molecule has 3 heteroatoms. The summed E-state index contributed by atoms with van der Waals surface area (Å²) in [5, 5.41) is 3.49. The number of pyridine rings is 1. The summed E-state index contributed by atoms with van der Waals surface area (Å²) in [5.41, 5.74) is 2.32. The Morgan fingerprint density at radius 1 is 1.31 bits per heavy atom. The summed E-state index contributed by atoms with van der Waals surface area (Å²) in [6.45, 7) is 5.51. The second-order valence-corrected chi connectivity index (χ2v) is 4.35. The molecule has 0 aliphatic carbocycles. The van der Waals surface area contributed by atoms with Gasteiger partial charge in [-0.15, -0.1) is 0 Å². The summed E-state index contributed by atoms with van der Waals surface area (Å²) in [4.78, 5) is 6.28. The molecule has 0 atom stereocenters. The Morgan fingerprint density at radius 2 is 2.00 bits per heavy atom. The molecular formula is C13H23N3. The monoisotopic (exact) mass is 221 g/mol. The highest BCUT2D eigenvalue weighted by atomic mass is 15.1. The molecule has 3 nitrogen and oxygen atoms in total. The smallest absolute Gasteiger partial charge is 0.0764 e. The van der Waals surface area contributed by atoms with Crippen LogP contribution in [0.25, 0.3) is 0 Å². The van der Waals surface area contributed by atoms with E-state index in [4.69, 9.17) is 0 Å². The van der Waals surface area contributed by atoms with E-state index in [1.807, 2.05) is 18.5 Å². The first-order valence-corrected chi connectivity index (χ1v) is 6.04. The number of aromatic nitrogens is 1. The molecule has 0 aliphatic heterocycles. The van der Waals surface area contributed by atoms with E-state index in [-0.39, 0.29) is 0 Å². The summed E-state index contributed by atoms with van der Waals surface area (Å²) in [6, 6.07) is 2.04. The molecule has 1 aromatic rings. The van der Waals surface area contributed by atoms with Crippen molar-refractivity contribution in [3.05, 3.63) is 18.5 Å². The first kappa shape index (κ1) is 12.8. The molecule has 1 aromatic heterocycles. The minimum Gasteiger partial charge on any atom is -0.382 e. The second-order valence-electron chi connectivity index (χ2n) is 4.35. The standard InChI is InChI=1S/C13H23N3/c1-5-11(6-2)9-15-12-10-14-8-7-13(12)16(3)4/h7-8,10-11,15H,5-6,9H2,1-4H3. The SMILES string of the molecule is CCC(CC)CNc1cnccc1N(C)C. The van der Waals surface area contributed by atoms with Crippen LogP contribution in [0.1, 0.15) is 26.7 Å². The largest absolute Gasteiger partial charge is 0.382 e. The zero-order valence-electron chi connectivity index (χ0n) is 10.8. The van der Waals surface area contributed by atoms with Crippen LogP contribution in [0.3, 0.4) is 0 Å². The van der Waals surface area contributed by atoms with Gasteiger partial charge in [0.1, 0.15) is 0 Å². The molecule has 16 heavy (non-hydrogen) atoms. The molecule has 0 unspecified atom stereocenters. The molecule has 0 fully saturated rings. The van der Waals surface area contributed by atoms with Crippen LogP contribution < -0.4 is 10.2 Å². The Labute approximate surface area is 98.9 Å². The van der Waals surface area contributed by atoms with Crippen LogP contribution in [0, 0.1) is 5.92 Å². The van der Waals surface area contributed by atoms with Crippen molar-refractivity contribution >= 4 is 11.4 Å². The van der Waals surface area contributed by atoms with Gasteiger partial charge in [0, 0.05) is 26.8 Å². The topological polar surface area (TPSA) is 28.2 Å². The lowest BCUT2D eigenvalue weighted by Crippen LogP contribution is -2.16. The van der Waals surface area contributed by atoms with Crippen molar-refractivity contribution in [3.63, 3.8) is 0 Å². The van der Waals surface area contributed by atoms with Crippen LogP contribution in [-0.2, 0) is 0 Å². The Kier molecular flexibility index (Phi) is 5.09. The third kappa shape index (κ3) is 3.40. The maximum absolute atomic E-state index is 4.17. The summed E-state index contributed by atoms with van der Waals surface area (Å²) >= 11 is 0. The first-order chi connectivity index (χ1) is 7.69. The van der Waals surface area contributed by atoms with E-state index in [2.05, 4.69) is 43.1 Å². The first-order valence-electron chi connectivity index (χ1n) is 6.04. The fourth-order valence-electron chi connectivity index (χ4n) is 1.74. The Hall–Kier alpha value is -1.25. The minimum atomic E-state index is 0.746. The molecule has 0 spiro atoms. The van der Waals surface area contributed by atoms with E-state index in [1.165, 1.54) is 18.5 Å². The predicted octanol–water partition coefficient (Wildman–Crippen LogP) is 3.00. The number of nitrogens with zero attached hydrogens (tertiary/aromatic N) is 2. The van der Waals surface area contributed by atoms with Gasteiger partial charge in [0.25, 0.3) is 0 Å². The van der Waals surface area contributed by atoms with Gasteiger partial charge in [-0.25, -0.2) is 0 Å². The summed E-state index contributed by atoms with van der Waals surface area (Å²) in [7, 11) is 4.11. The molecule has 0 radical (unpaired) electrons. The Morgan fingerprint density at radius 3 is 2.56 bits per heavy atom. The minimum absolute atomic E-state index is 0.746. The summed E-state index contributed by atoms with van der Waals surface area (Å²) < 4.78 is 0. The highest BCUT2D eigenvalue weighted by Crippen LogP contribution is 2.22.